The van der Waals surface area contributed by atoms with E-state index in [1.54, 1.807) is 0 Å². The van der Waals surface area contributed by atoms with Crippen LogP contribution in [0.3, 0.4) is 0 Å². The molecule has 0 N–H and O–H groups in total. The fraction of sp³-hybridized carbons (Fsp3) is 0.250. The minimum Gasteiger partial charge on any atom is -0.307 e. The molecule has 0 bridgehead atoms. The Kier molecular flexibility index (Phi) is 3.41. The molecule has 0 saturated heterocycles. The lowest BCUT2D eigenvalue weighted by Crippen LogP contribution is -2.28. The van der Waals surface area contributed by atoms with Crippen molar-refractivity contribution in [2.75, 3.05) is 0 Å². The zero-order valence-corrected chi connectivity index (χ0v) is 11.2. The van der Waals surface area contributed by atoms with Gasteiger partial charge in [0, 0.05) is 29.3 Å². The minimum absolute atomic E-state index is 0.00952. The molecular weight excluding hydrogens is 276 g/mol. The van der Waals surface area contributed by atoms with Gasteiger partial charge in [-0.15, -0.1) is 0 Å². The Bertz CT molecular complexity index is 780. The highest BCUT2D eigenvalue weighted by atomic mass is 19.1. The number of benzene rings is 1. The molecule has 0 amide bonds. The lowest BCUT2D eigenvalue weighted by atomic mass is 9.94. The van der Waals surface area contributed by atoms with E-state index < -0.39 is 11.6 Å². The number of pyridine rings is 1. The fourth-order valence-corrected chi connectivity index (χ4v) is 2.70. The largest absolute Gasteiger partial charge is 0.307 e. The summed E-state index contributed by atoms with van der Waals surface area (Å²) in [5.41, 5.74) is 0.913. The lowest BCUT2D eigenvalue weighted by molar-refractivity contribution is 0.0970. The van der Waals surface area contributed by atoms with Crippen LogP contribution < -0.4 is 5.56 Å². The Balaban J connectivity index is 2.10. The van der Waals surface area contributed by atoms with Gasteiger partial charge in [-0.1, -0.05) is 0 Å². The molecule has 5 heteroatoms. The standard InChI is InChI=1S/C16H13F2NO2/c17-11-4-6-13(18)10(8-11)9-19-14-2-1-3-15(20)12(14)5-7-16(19)21/h4-8H,1-3,9H2. The molecule has 0 radical (unpaired) electrons. The molecule has 0 fully saturated rings. The van der Waals surface area contributed by atoms with E-state index in [1.165, 1.54) is 16.7 Å². The van der Waals surface area contributed by atoms with Gasteiger partial charge in [0.1, 0.15) is 11.6 Å². The van der Waals surface area contributed by atoms with E-state index in [0.717, 1.165) is 18.2 Å². The number of hydrogen-bond acceptors (Lipinski definition) is 2. The van der Waals surface area contributed by atoms with Crippen molar-refractivity contribution < 1.29 is 13.6 Å². The maximum absolute atomic E-state index is 13.7. The molecule has 3 rings (SSSR count). The molecule has 1 aliphatic rings. The fourth-order valence-electron chi connectivity index (χ4n) is 2.70. The van der Waals surface area contributed by atoms with E-state index in [1.807, 2.05) is 0 Å². The lowest BCUT2D eigenvalue weighted by Gasteiger charge is -2.20. The maximum Gasteiger partial charge on any atom is 0.251 e. The SMILES string of the molecule is O=C1CCCc2c1ccc(=O)n2Cc1cc(F)ccc1F. The Hall–Kier alpha value is -2.30. The van der Waals surface area contributed by atoms with Crippen LogP contribution in [0, 0.1) is 11.6 Å². The van der Waals surface area contributed by atoms with Crippen molar-refractivity contribution in [3.05, 3.63) is 69.1 Å². The number of rotatable bonds is 2. The van der Waals surface area contributed by atoms with E-state index in [-0.39, 0.29) is 23.5 Å². The van der Waals surface area contributed by atoms with Crippen LogP contribution in [0.15, 0.2) is 35.1 Å². The van der Waals surface area contributed by atoms with Crippen LogP contribution in [-0.4, -0.2) is 10.4 Å². The van der Waals surface area contributed by atoms with Crippen LogP contribution in [0.1, 0.15) is 34.5 Å². The van der Waals surface area contributed by atoms with Gasteiger partial charge in [0.15, 0.2) is 5.78 Å². The summed E-state index contributed by atoms with van der Waals surface area (Å²) in [7, 11) is 0. The number of halogens is 2. The quantitative estimate of drug-likeness (QED) is 0.852. The molecule has 0 saturated carbocycles. The molecule has 0 atom stereocenters. The molecule has 108 valence electrons. The molecule has 2 aromatic rings. The second kappa shape index (κ2) is 5.24. The second-order valence-electron chi connectivity index (χ2n) is 5.13. The summed E-state index contributed by atoms with van der Waals surface area (Å²) < 4.78 is 28.4. The Morgan fingerprint density at radius 2 is 1.86 bits per heavy atom. The third kappa shape index (κ3) is 2.51. The van der Waals surface area contributed by atoms with E-state index in [2.05, 4.69) is 0 Å². The van der Waals surface area contributed by atoms with Crippen LogP contribution in [0.2, 0.25) is 0 Å². The van der Waals surface area contributed by atoms with Crippen molar-refractivity contribution in [3.63, 3.8) is 0 Å². The van der Waals surface area contributed by atoms with Gasteiger partial charge >= 0.3 is 0 Å². The summed E-state index contributed by atoms with van der Waals surface area (Å²) in [4.78, 5) is 23.9. The number of Topliss-reactive ketones (excluding diaryl/α,β-unsaturated/α-hetero) is 1. The highest BCUT2D eigenvalue weighted by molar-refractivity contribution is 5.97. The number of nitrogens with zero attached hydrogens (tertiary/aromatic N) is 1. The Morgan fingerprint density at radius 1 is 1.05 bits per heavy atom. The number of ketones is 1. The summed E-state index contributed by atoms with van der Waals surface area (Å²) in [6, 6.07) is 5.98. The molecule has 21 heavy (non-hydrogen) atoms. The Morgan fingerprint density at radius 3 is 2.67 bits per heavy atom. The highest BCUT2D eigenvalue weighted by Crippen LogP contribution is 2.21. The van der Waals surface area contributed by atoms with Crippen LogP contribution in [-0.2, 0) is 13.0 Å². The maximum atomic E-state index is 13.7. The third-order valence-electron chi connectivity index (χ3n) is 3.75. The van der Waals surface area contributed by atoms with Gasteiger partial charge < -0.3 is 4.57 Å². The first-order chi connectivity index (χ1) is 10.1. The topological polar surface area (TPSA) is 39.1 Å². The van der Waals surface area contributed by atoms with Gasteiger partial charge in [0.2, 0.25) is 0 Å². The monoisotopic (exact) mass is 289 g/mol. The van der Waals surface area contributed by atoms with Crippen LogP contribution in [0.4, 0.5) is 8.78 Å². The molecule has 0 spiro atoms. The first-order valence-electron chi connectivity index (χ1n) is 6.76. The number of fused-ring (bicyclic) bond motifs is 1. The van der Waals surface area contributed by atoms with Gasteiger partial charge in [-0.05, 0) is 37.1 Å². The van der Waals surface area contributed by atoms with Gasteiger partial charge in [0.05, 0.1) is 6.54 Å². The molecular formula is C16H13F2NO2. The smallest absolute Gasteiger partial charge is 0.251 e. The van der Waals surface area contributed by atoms with E-state index >= 15 is 0 Å². The number of aromatic nitrogens is 1. The first kappa shape index (κ1) is 13.7. The van der Waals surface area contributed by atoms with Crippen molar-refractivity contribution in [1.29, 1.82) is 0 Å². The van der Waals surface area contributed by atoms with Crippen molar-refractivity contribution in [3.8, 4) is 0 Å². The normalized spacial score (nSPS) is 14.1. The third-order valence-corrected chi connectivity index (χ3v) is 3.75. The van der Waals surface area contributed by atoms with Gasteiger partial charge in [-0.3, -0.25) is 9.59 Å². The average molecular weight is 289 g/mol. The van der Waals surface area contributed by atoms with Crippen LogP contribution in [0.25, 0.3) is 0 Å². The molecule has 3 nitrogen and oxygen atoms in total. The van der Waals surface area contributed by atoms with Crippen LogP contribution >= 0.6 is 0 Å². The zero-order valence-electron chi connectivity index (χ0n) is 11.2. The summed E-state index contributed by atoms with van der Waals surface area (Å²) in [6.45, 7) is -0.0706. The predicted molar refractivity (Wildman–Crippen MR) is 73.4 cm³/mol. The number of carbonyl (C=O) groups is 1. The molecule has 1 aromatic heterocycles. The average Bonchev–Trinajstić information content (AvgIpc) is 2.46. The predicted octanol–water partition coefficient (Wildman–Crippen LogP) is 2.69. The summed E-state index contributed by atoms with van der Waals surface area (Å²) in [6.07, 6.45) is 1.72. The number of hydrogen-bond donors (Lipinski definition) is 0. The molecule has 0 aliphatic heterocycles. The highest BCUT2D eigenvalue weighted by Gasteiger charge is 2.21. The van der Waals surface area contributed by atoms with E-state index in [9.17, 15) is 18.4 Å². The van der Waals surface area contributed by atoms with Crippen LogP contribution in [0.5, 0.6) is 0 Å². The number of carbonyl (C=O) groups excluding carboxylic acids is 1. The van der Waals surface area contributed by atoms with E-state index in [0.29, 0.717) is 30.5 Å². The summed E-state index contributed by atoms with van der Waals surface area (Å²) in [5, 5.41) is 0. The molecule has 0 unspecified atom stereocenters. The first-order valence-corrected chi connectivity index (χ1v) is 6.76. The molecule has 1 aliphatic carbocycles. The van der Waals surface area contributed by atoms with Gasteiger partial charge in [-0.2, -0.15) is 0 Å². The zero-order chi connectivity index (χ0) is 15.0. The van der Waals surface area contributed by atoms with E-state index in [4.69, 9.17) is 0 Å². The van der Waals surface area contributed by atoms with Gasteiger partial charge in [0.25, 0.3) is 5.56 Å². The summed E-state index contributed by atoms with van der Waals surface area (Å²) >= 11 is 0. The van der Waals surface area contributed by atoms with Crippen molar-refractivity contribution in [2.45, 2.75) is 25.8 Å². The molecule has 1 heterocycles. The van der Waals surface area contributed by atoms with Gasteiger partial charge in [-0.25, -0.2) is 8.78 Å². The van der Waals surface area contributed by atoms with Crippen molar-refractivity contribution in [2.24, 2.45) is 0 Å². The Labute approximate surface area is 119 Å². The second-order valence-corrected chi connectivity index (χ2v) is 5.13. The van der Waals surface area contributed by atoms with Crippen molar-refractivity contribution >= 4 is 5.78 Å². The minimum atomic E-state index is -0.567. The molecule has 1 aromatic carbocycles. The summed E-state index contributed by atoms with van der Waals surface area (Å²) in [5.74, 6) is -1.13. The van der Waals surface area contributed by atoms with Crippen molar-refractivity contribution in [1.82, 2.24) is 4.57 Å².